The minimum Gasteiger partial charge on any atom is -0.352 e. The number of benzene rings is 3. The van der Waals surface area contributed by atoms with Crippen LogP contribution in [0.25, 0.3) is 10.8 Å². The highest BCUT2D eigenvalue weighted by Gasteiger charge is 2.45. The summed E-state index contributed by atoms with van der Waals surface area (Å²) in [5.41, 5.74) is 0.354. The highest BCUT2D eigenvalue weighted by atomic mass is 16.2. The summed E-state index contributed by atoms with van der Waals surface area (Å²) in [6, 6.07) is 19.2. The number of nitrogens with one attached hydrogen (secondary N) is 3. The molecule has 0 aromatic heterocycles. The van der Waals surface area contributed by atoms with Crippen molar-refractivity contribution in [3.05, 3.63) is 72.3 Å². The van der Waals surface area contributed by atoms with Gasteiger partial charge in [-0.05, 0) is 55.0 Å². The van der Waals surface area contributed by atoms with Crippen molar-refractivity contribution in [3.63, 3.8) is 0 Å². The first-order valence-corrected chi connectivity index (χ1v) is 10.6. The van der Waals surface area contributed by atoms with Crippen molar-refractivity contribution in [1.29, 1.82) is 0 Å². The molecule has 4 rings (SSSR count). The van der Waals surface area contributed by atoms with Gasteiger partial charge in [-0.1, -0.05) is 36.4 Å². The number of hydrogen-bond acceptors (Lipinski definition) is 4. The van der Waals surface area contributed by atoms with Crippen LogP contribution in [0.15, 0.2) is 66.7 Å². The van der Waals surface area contributed by atoms with Gasteiger partial charge in [0.05, 0.1) is 5.69 Å². The molecular formula is C25H24N4O4. The number of carbonyl (C=O) groups excluding carboxylic acids is 4. The fraction of sp³-hybridized carbons (Fsp3) is 0.200. The molecule has 0 bridgehead atoms. The summed E-state index contributed by atoms with van der Waals surface area (Å²) >= 11 is 0. The molecule has 3 aromatic rings. The van der Waals surface area contributed by atoms with Gasteiger partial charge in [0.1, 0.15) is 5.54 Å². The number of amides is 5. The number of urea groups is 1. The molecule has 1 saturated heterocycles. The van der Waals surface area contributed by atoms with E-state index in [9.17, 15) is 19.2 Å². The summed E-state index contributed by atoms with van der Waals surface area (Å²) in [4.78, 5) is 50.5. The summed E-state index contributed by atoms with van der Waals surface area (Å²) in [5, 5.41) is 10.1. The molecule has 0 atom stereocenters. The van der Waals surface area contributed by atoms with Crippen LogP contribution in [0.4, 0.5) is 16.2 Å². The Hall–Kier alpha value is -4.20. The number of imide groups is 1. The van der Waals surface area contributed by atoms with Crippen LogP contribution in [-0.2, 0) is 9.59 Å². The molecule has 1 fully saturated rings. The third-order valence-electron chi connectivity index (χ3n) is 5.40. The van der Waals surface area contributed by atoms with E-state index in [1.807, 2.05) is 36.4 Å². The van der Waals surface area contributed by atoms with Crippen molar-refractivity contribution in [2.75, 3.05) is 16.8 Å². The van der Waals surface area contributed by atoms with Crippen molar-refractivity contribution in [3.8, 4) is 0 Å². The third kappa shape index (κ3) is 4.69. The Balaban J connectivity index is 1.33. The zero-order valence-corrected chi connectivity index (χ0v) is 18.3. The first-order valence-electron chi connectivity index (χ1n) is 10.6. The van der Waals surface area contributed by atoms with Crippen LogP contribution >= 0.6 is 0 Å². The maximum absolute atomic E-state index is 12.5. The topological polar surface area (TPSA) is 108 Å². The van der Waals surface area contributed by atoms with Crippen LogP contribution in [0, 0.1) is 0 Å². The summed E-state index contributed by atoms with van der Waals surface area (Å²) in [7, 11) is 0. The van der Waals surface area contributed by atoms with E-state index in [1.165, 1.54) is 0 Å². The Morgan fingerprint density at radius 1 is 0.939 bits per heavy atom. The zero-order chi connectivity index (χ0) is 23.6. The number of fused-ring (bicyclic) bond motifs is 1. The summed E-state index contributed by atoms with van der Waals surface area (Å²) in [5.74, 6) is -0.924. The van der Waals surface area contributed by atoms with Gasteiger partial charge in [-0.3, -0.25) is 14.4 Å². The lowest BCUT2D eigenvalue weighted by Gasteiger charge is -2.17. The van der Waals surface area contributed by atoms with Gasteiger partial charge in [-0.15, -0.1) is 0 Å². The van der Waals surface area contributed by atoms with E-state index in [1.54, 1.807) is 44.2 Å². The molecule has 3 aromatic carbocycles. The van der Waals surface area contributed by atoms with Gasteiger partial charge in [0.2, 0.25) is 5.91 Å². The van der Waals surface area contributed by atoms with Crippen LogP contribution in [0.3, 0.4) is 0 Å². The minimum atomic E-state index is -0.987. The number of carbonyl (C=O) groups is 4. The lowest BCUT2D eigenvalue weighted by Crippen LogP contribution is -2.40. The van der Waals surface area contributed by atoms with Crippen LogP contribution in [0.5, 0.6) is 0 Å². The molecule has 33 heavy (non-hydrogen) atoms. The number of hydrogen-bond donors (Lipinski definition) is 3. The Morgan fingerprint density at radius 3 is 2.42 bits per heavy atom. The highest BCUT2D eigenvalue weighted by Crippen LogP contribution is 2.26. The Labute approximate surface area is 191 Å². The lowest BCUT2D eigenvalue weighted by atomic mass is 10.1. The van der Waals surface area contributed by atoms with E-state index < -0.39 is 11.6 Å². The highest BCUT2D eigenvalue weighted by molar-refractivity contribution is 6.23. The van der Waals surface area contributed by atoms with Crippen molar-refractivity contribution in [1.82, 2.24) is 10.6 Å². The Kier molecular flexibility index (Phi) is 5.83. The summed E-state index contributed by atoms with van der Waals surface area (Å²) < 4.78 is 0. The van der Waals surface area contributed by atoms with Crippen molar-refractivity contribution in [2.45, 2.75) is 25.8 Å². The summed E-state index contributed by atoms with van der Waals surface area (Å²) in [6.45, 7) is 3.43. The maximum atomic E-state index is 12.5. The number of anilines is 2. The van der Waals surface area contributed by atoms with E-state index >= 15 is 0 Å². The molecule has 0 aliphatic carbocycles. The number of rotatable bonds is 6. The van der Waals surface area contributed by atoms with Gasteiger partial charge in [-0.25, -0.2) is 9.69 Å². The summed E-state index contributed by atoms with van der Waals surface area (Å²) in [6.07, 6.45) is 0.0692. The normalized spacial score (nSPS) is 14.8. The zero-order valence-electron chi connectivity index (χ0n) is 18.3. The SMILES string of the molecule is CC1(C)NC(=O)N(c2cccc(NC(=O)CCNC(=O)c3ccc4ccccc4c3)c2)C1=O. The van der Waals surface area contributed by atoms with Gasteiger partial charge in [-0.2, -0.15) is 0 Å². The van der Waals surface area contributed by atoms with Crippen LogP contribution < -0.4 is 20.9 Å². The van der Waals surface area contributed by atoms with Crippen molar-refractivity contribution in [2.24, 2.45) is 0 Å². The average Bonchev–Trinajstić information content (AvgIpc) is 2.99. The van der Waals surface area contributed by atoms with Gasteiger partial charge in [0.15, 0.2) is 0 Å². The van der Waals surface area contributed by atoms with Crippen LogP contribution in [0.2, 0.25) is 0 Å². The average molecular weight is 444 g/mol. The van der Waals surface area contributed by atoms with Crippen molar-refractivity contribution < 1.29 is 19.2 Å². The molecule has 168 valence electrons. The predicted molar refractivity (Wildman–Crippen MR) is 126 cm³/mol. The Bertz CT molecular complexity index is 1270. The molecule has 5 amide bonds. The third-order valence-corrected chi connectivity index (χ3v) is 5.40. The van der Waals surface area contributed by atoms with E-state index in [2.05, 4.69) is 16.0 Å². The fourth-order valence-electron chi connectivity index (χ4n) is 3.65. The standard InChI is InChI=1S/C25H24N4O4/c1-25(2)23(32)29(24(33)28-25)20-9-5-8-19(15-20)27-21(30)12-13-26-22(31)18-11-10-16-6-3-4-7-17(16)14-18/h3-11,14-15H,12-13H2,1-2H3,(H,26,31)(H,27,30)(H,28,33). The minimum absolute atomic E-state index is 0.0692. The largest absolute Gasteiger partial charge is 0.352 e. The molecule has 1 aliphatic rings. The van der Waals surface area contributed by atoms with Crippen LogP contribution in [0.1, 0.15) is 30.6 Å². The second-order valence-electron chi connectivity index (χ2n) is 8.36. The van der Waals surface area contributed by atoms with Crippen molar-refractivity contribution >= 4 is 45.9 Å². The maximum Gasteiger partial charge on any atom is 0.329 e. The van der Waals surface area contributed by atoms with E-state index in [0.29, 0.717) is 16.9 Å². The monoisotopic (exact) mass is 444 g/mol. The molecule has 1 aliphatic heterocycles. The second-order valence-corrected chi connectivity index (χ2v) is 8.36. The molecular weight excluding hydrogens is 420 g/mol. The molecule has 0 spiro atoms. The van der Waals surface area contributed by atoms with Gasteiger partial charge < -0.3 is 16.0 Å². The molecule has 3 N–H and O–H groups in total. The Morgan fingerprint density at radius 2 is 1.70 bits per heavy atom. The quantitative estimate of drug-likeness (QED) is 0.506. The number of nitrogens with zero attached hydrogens (tertiary/aromatic N) is 1. The van der Waals surface area contributed by atoms with E-state index in [-0.39, 0.29) is 30.7 Å². The first-order chi connectivity index (χ1) is 15.7. The molecule has 8 nitrogen and oxygen atoms in total. The molecule has 8 heteroatoms. The lowest BCUT2D eigenvalue weighted by molar-refractivity contribution is -0.121. The van der Waals surface area contributed by atoms with E-state index in [4.69, 9.17) is 0 Å². The van der Waals surface area contributed by atoms with Gasteiger partial charge in [0.25, 0.3) is 11.8 Å². The molecule has 0 radical (unpaired) electrons. The second kappa shape index (κ2) is 8.74. The van der Waals surface area contributed by atoms with E-state index in [0.717, 1.165) is 15.7 Å². The van der Waals surface area contributed by atoms with Gasteiger partial charge in [0, 0.05) is 24.2 Å². The van der Waals surface area contributed by atoms with Gasteiger partial charge >= 0.3 is 6.03 Å². The smallest absolute Gasteiger partial charge is 0.329 e. The molecule has 0 saturated carbocycles. The molecule has 0 unspecified atom stereocenters. The predicted octanol–water partition coefficient (Wildman–Crippen LogP) is 3.43. The first kappa shape index (κ1) is 22.0. The molecule has 1 heterocycles. The van der Waals surface area contributed by atoms with Crippen LogP contribution in [-0.4, -0.2) is 35.8 Å². The fourth-order valence-corrected chi connectivity index (χ4v) is 3.65.